The lowest BCUT2D eigenvalue weighted by molar-refractivity contribution is 0.471. The summed E-state index contributed by atoms with van der Waals surface area (Å²) < 4.78 is 7.68. The van der Waals surface area contributed by atoms with Crippen molar-refractivity contribution in [3.05, 3.63) is 35.2 Å². The van der Waals surface area contributed by atoms with Gasteiger partial charge in [0.05, 0.1) is 5.69 Å². The Morgan fingerprint density at radius 2 is 2.11 bits per heavy atom. The molecule has 0 saturated carbocycles. The maximum absolute atomic E-state index is 9.29. The van der Waals surface area contributed by atoms with Crippen molar-refractivity contribution >= 4 is 11.8 Å². The van der Waals surface area contributed by atoms with Crippen molar-refractivity contribution in [3.63, 3.8) is 0 Å². The van der Waals surface area contributed by atoms with Gasteiger partial charge in [-0.25, -0.2) is 0 Å². The molecule has 0 atom stereocenters. The van der Waals surface area contributed by atoms with Gasteiger partial charge < -0.3 is 4.74 Å². The number of benzene rings is 1. The van der Waals surface area contributed by atoms with E-state index in [1.54, 1.807) is 4.68 Å². The molecule has 0 unspecified atom stereocenters. The highest BCUT2D eigenvalue weighted by molar-refractivity contribution is 7.98. The van der Waals surface area contributed by atoms with E-state index in [0.29, 0.717) is 11.3 Å². The van der Waals surface area contributed by atoms with Crippen molar-refractivity contribution in [1.82, 2.24) is 9.78 Å². The maximum Gasteiger partial charge on any atom is 0.171 e. The van der Waals surface area contributed by atoms with Gasteiger partial charge in [-0.3, -0.25) is 4.68 Å². The summed E-state index contributed by atoms with van der Waals surface area (Å²) >= 11 is 1.53. The molecule has 0 bridgehead atoms. The topological polar surface area (TPSA) is 50.8 Å². The summed E-state index contributed by atoms with van der Waals surface area (Å²) in [5.74, 6) is 1.30. The van der Waals surface area contributed by atoms with E-state index in [4.69, 9.17) is 4.74 Å². The Kier molecular flexibility index (Phi) is 3.82. The molecule has 1 aromatic carbocycles. The summed E-state index contributed by atoms with van der Waals surface area (Å²) in [6.45, 7) is 3.84. The van der Waals surface area contributed by atoms with Crippen LogP contribution in [0.15, 0.2) is 23.1 Å². The summed E-state index contributed by atoms with van der Waals surface area (Å²) in [6.07, 6.45) is 1.94. The van der Waals surface area contributed by atoms with Crippen molar-refractivity contribution in [2.75, 3.05) is 6.26 Å². The molecule has 19 heavy (non-hydrogen) atoms. The quantitative estimate of drug-likeness (QED) is 0.804. The summed E-state index contributed by atoms with van der Waals surface area (Å²) in [5, 5.41) is 13.6. The third-order valence-electron chi connectivity index (χ3n) is 2.97. The van der Waals surface area contributed by atoms with E-state index >= 15 is 0 Å². The largest absolute Gasteiger partial charge is 0.452 e. The lowest BCUT2D eigenvalue weighted by Crippen LogP contribution is -1.94. The molecule has 98 valence electrons. The molecule has 1 heterocycles. The van der Waals surface area contributed by atoms with E-state index in [1.165, 1.54) is 11.8 Å². The fourth-order valence-electron chi connectivity index (χ4n) is 1.89. The highest BCUT2D eigenvalue weighted by Crippen LogP contribution is 2.33. The van der Waals surface area contributed by atoms with Crippen molar-refractivity contribution in [1.29, 1.82) is 5.26 Å². The van der Waals surface area contributed by atoms with Crippen LogP contribution in [-0.4, -0.2) is 16.0 Å². The Bertz CT molecular complexity index is 655. The number of nitrogens with zero attached hydrogens (tertiary/aromatic N) is 3. The van der Waals surface area contributed by atoms with E-state index in [-0.39, 0.29) is 0 Å². The first-order chi connectivity index (χ1) is 9.08. The Morgan fingerprint density at radius 3 is 2.63 bits per heavy atom. The van der Waals surface area contributed by atoms with E-state index in [1.807, 2.05) is 45.4 Å². The van der Waals surface area contributed by atoms with Crippen LogP contribution in [0.5, 0.6) is 11.5 Å². The van der Waals surface area contributed by atoms with Crippen LogP contribution in [-0.2, 0) is 7.05 Å². The predicted molar refractivity (Wildman–Crippen MR) is 75.7 cm³/mol. The molecule has 1 aromatic heterocycles. The molecule has 0 aliphatic rings. The van der Waals surface area contributed by atoms with Crippen LogP contribution in [0.2, 0.25) is 0 Å². The van der Waals surface area contributed by atoms with Crippen molar-refractivity contribution in [2.24, 2.45) is 7.05 Å². The minimum absolute atomic E-state index is 0.567. The van der Waals surface area contributed by atoms with Gasteiger partial charge in [-0.15, -0.1) is 11.8 Å². The normalized spacial score (nSPS) is 10.3. The van der Waals surface area contributed by atoms with Crippen LogP contribution in [0.3, 0.4) is 0 Å². The number of hydrogen-bond donors (Lipinski definition) is 0. The molecular weight excluding hydrogens is 258 g/mol. The van der Waals surface area contributed by atoms with Crippen LogP contribution in [0, 0.1) is 25.2 Å². The number of aryl methyl sites for hydroxylation is 2. The SMILES string of the molecule is CSc1cccc(Oc2c(C)nn(C)c2C)c1C#N. The molecule has 2 rings (SSSR count). The monoisotopic (exact) mass is 273 g/mol. The molecule has 0 amide bonds. The zero-order valence-corrected chi connectivity index (χ0v) is 12.2. The van der Waals surface area contributed by atoms with Crippen molar-refractivity contribution in [2.45, 2.75) is 18.7 Å². The van der Waals surface area contributed by atoms with Gasteiger partial charge in [0.25, 0.3) is 0 Å². The molecule has 5 heteroatoms. The van der Waals surface area contributed by atoms with Crippen LogP contribution in [0.4, 0.5) is 0 Å². The molecule has 0 spiro atoms. The van der Waals surface area contributed by atoms with Crippen LogP contribution in [0.1, 0.15) is 17.0 Å². The molecule has 0 fully saturated rings. The van der Waals surface area contributed by atoms with E-state index in [9.17, 15) is 5.26 Å². The summed E-state index contributed by atoms with van der Waals surface area (Å²) in [7, 11) is 1.87. The van der Waals surface area contributed by atoms with Gasteiger partial charge in [0.1, 0.15) is 23.1 Å². The molecule has 0 N–H and O–H groups in total. The van der Waals surface area contributed by atoms with Gasteiger partial charge in [-0.05, 0) is 32.2 Å². The summed E-state index contributed by atoms with van der Waals surface area (Å²) in [6, 6.07) is 7.83. The first-order valence-corrected chi connectivity index (χ1v) is 7.06. The van der Waals surface area contributed by atoms with Gasteiger partial charge in [-0.2, -0.15) is 10.4 Å². The number of aromatic nitrogens is 2. The van der Waals surface area contributed by atoms with E-state index < -0.39 is 0 Å². The van der Waals surface area contributed by atoms with Crippen molar-refractivity contribution in [3.8, 4) is 17.6 Å². The predicted octanol–water partition coefficient (Wildman–Crippen LogP) is 3.42. The zero-order chi connectivity index (χ0) is 14.0. The van der Waals surface area contributed by atoms with Gasteiger partial charge in [0, 0.05) is 11.9 Å². The minimum Gasteiger partial charge on any atom is -0.452 e. The van der Waals surface area contributed by atoms with E-state index in [2.05, 4.69) is 11.2 Å². The van der Waals surface area contributed by atoms with Crippen molar-refractivity contribution < 1.29 is 4.74 Å². The minimum atomic E-state index is 0.567. The fraction of sp³-hybridized carbons (Fsp3) is 0.286. The fourth-order valence-corrected chi connectivity index (χ4v) is 2.45. The molecular formula is C14H15N3OS. The zero-order valence-electron chi connectivity index (χ0n) is 11.4. The maximum atomic E-state index is 9.29. The molecule has 0 aliphatic carbocycles. The lowest BCUT2D eigenvalue weighted by atomic mass is 10.2. The molecule has 0 aliphatic heterocycles. The summed E-state index contributed by atoms with van der Waals surface area (Å²) in [4.78, 5) is 0.916. The van der Waals surface area contributed by atoms with Gasteiger partial charge in [0.15, 0.2) is 5.75 Å². The average molecular weight is 273 g/mol. The van der Waals surface area contributed by atoms with Crippen LogP contribution >= 0.6 is 11.8 Å². The standard InChI is InChI=1S/C14H15N3OS/c1-9-14(10(2)17(3)16-9)18-12-6-5-7-13(19-4)11(12)8-15/h5-7H,1-4H3. The number of thioether (sulfide) groups is 1. The second-order valence-corrected chi connectivity index (χ2v) is 5.02. The Morgan fingerprint density at radius 1 is 1.37 bits per heavy atom. The molecule has 0 saturated heterocycles. The summed E-state index contributed by atoms with van der Waals surface area (Å²) in [5.41, 5.74) is 2.33. The van der Waals surface area contributed by atoms with Gasteiger partial charge in [0.2, 0.25) is 0 Å². The van der Waals surface area contributed by atoms with Crippen LogP contribution < -0.4 is 4.74 Å². The lowest BCUT2D eigenvalue weighted by Gasteiger charge is -2.09. The highest BCUT2D eigenvalue weighted by Gasteiger charge is 2.15. The third-order valence-corrected chi connectivity index (χ3v) is 3.75. The first kappa shape index (κ1) is 13.5. The Balaban J connectivity index is 2.47. The van der Waals surface area contributed by atoms with E-state index in [0.717, 1.165) is 22.0 Å². The number of hydrogen-bond acceptors (Lipinski definition) is 4. The molecule has 4 nitrogen and oxygen atoms in total. The Hall–Kier alpha value is -1.93. The number of rotatable bonds is 3. The van der Waals surface area contributed by atoms with Gasteiger partial charge in [-0.1, -0.05) is 6.07 Å². The van der Waals surface area contributed by atoms with Gasteiger partial charge >= 0.3 is 0 Å². The molecule has 2 aromatic rings. The first-order valence-electron chi connectivity index (χ1n) is 5.83. The second kappa shape index (κ2) is 5.37. The number of ether oxygens (including phenoxy) is 1. The average Bonchev–Trinajstić information content (AvgIpc) is 2.65. The highest BCUT2D eigenvalue weighted by atomic mass is 32.2. The Labute approximate surface area is 117 Å². The second-order valence-electron chi connectivity index (χ2n) is 4.17. The number of nitriles is 1. The third kappa shape index (κ3) is 2.45. The smallest absolute Gasteiger partial charge is 0.171 e. The molecule has 0 radical (unpaired) electrons. The van der Waals surface area contributed by atoms with Crippen LogP contribution in [0.25, 0.3) is 0 Å².